The summed E-state index contributed by atoms with van der Waals surface area (Å²) >= 11 is 0. The van der Waals surface area contributed by atoms with Crippen molar-refractivity contribution in [1.82, 2.24) is 4.72 Å². The van der Waals surface area contributed by atoms with Crippen LogP contribution in [-0.4, -0.2) is 37.8 Å². The van der Waals surface area contributed by atoms with Crippen LogP contribution in [0.5, 0.6) is 11.5 Å². The van der Waals surface area contributed by atoms with Crippen molar-refractivity contribution in [3.05, 3.63) is 122 Å². The van der Waals surface area contributed by atoms with Gasteiger partial charge < -0.3 is 9.84 Å². The quantitative estimate of drug-likeness (QED) is 0.148. The van der Waals surface area contributed by atoms with Crippen molar-refractivity contribution in [1.29, 1.82) is 0 Å². The van der Waals surface area contributed by atoms with Gasteiger partial charge in [0.15, 0.2) is 0 Å². The van der Waals surface area contributed by atoms with Gasteiger partial charge in [-0.3, -0.25) is 25.0 Å². The molecule has 0 aliphatic carbocycles. The lowest BCUT2D eigenvalue weighted by Gasteiger charge is -2.13. The number of benzene rings is 4. The maximum absolute atomic E-state index is 12.7. The van der Waals surface area contributed by atoms with E-state index in [9.17, 15) is 47.0 Å². The molecule has 4 aromatic rings. The molecule has 4 aromatic carbocycles. The van der Waals surface area contributed by atoms with Gasteiger partial charge in [0.1, 0.15) is 11.5 Å². The summed E-state index contributed by atoms with van der Waals surface area (Å²) in [7, 11) is -8.23. The largest absolute Gasteiger partial charge is 0.478 e. The molecule has 0 saturated heterocycles. The zero-order valence-corrected chi connectivity index (χ0v) is 23.2. The molecule has 15 nitrogen and oxygen atoms in total. The van der Waals surface area contributed by atoms with Crippen molar-refractivity contribution in [2.24, 2.45) is 0 Å². The van der Waals surface area contributed by atoms with E-state index >= 15 is 0 Å². The zero-order valence-electron chi connectivity index (χ0n) is 21.6. The molecule has 0 unspecified atom stereocenters. The van der Waals surface area contributed by atoms with Crippen LogP contribution in [-0.2, 0) is 26.6 Å². The summed E-state index contributed by atoms with van der Waals surface area (Å²) in [4.78, 5) is 31.6. The summed E-state index contributed by atoms with van der Waals surface area (Å²) in [5.74, 6) is -1.14. The molecule has 0 aliphatic heterocycles. The van der Waals surface area contributed by atoms with E-state index in [1.807, 2.05) is 0 Å². The lowest BCUT2D eigenvalue weighted by molar-refractivity contribution is -0.385. The van der Waals surface area contributed by atoms with Crippen molar-refractivity contribution in [3.63, 3.8) is 0 Å². The van der Waals surface area contributed by atoms with E-state index in [1.165, 1.54) is 24.3 Å². The minimum absolute atomic E-state index is 0.0577. The van der Waals surface area contributed by atoms with Gasteiger partial charge in [0.05, 0.1) is 30.9 Å². The number of hydrogen-bond donors (Lipinski definition) is 3. The standard InChI is InChI=1S/C26H20N4O11S2/c31-26(32)24-15-21(9-14-25(24)28-43(39,40)23-12-5-19(6-13-23)30(35)36)41-20-7-1-17(2-8-20)16-27-42(37,38)22-10-3-18(4-11-22)29(33)34/h1-15,27-28H,16H2,(H,31,32). The smallest absolute Gasteiger partial charge is 0.337 e. The number of rotatable bonds is 12. The Morgan fingerprint density at radius 1 is 0.721 bits per heavy atom. The lowest BCUT2D eigenvalue weighted by Crippen LogP contribution is -2.23. The predicted molar refractivity (Wildman–Crippen MR) is 151 cm³/mol. The molecule has 0 aromatic heterocycles. The number of hydrogen-bond acceptors (Lipinski definition) is 10. The van der Waals surface area contributed by atoms with E-state index in [4.69, 9.17) is 4.74 Å². The maximum atomic E-state index is 12.7. The molecular weight excluding hydrogens is 608 g/mol. The number of non-ortho nitro benzene ring substituents is 2. The molecule has 222 valence electrons. The molecule has 0 radical (unpaired) electrons. The van der Waals surface area contributed by atoms with Crippen LogP contribution in [0.1, 0.15) is 15.9 Å². The van der Waals surface area contributed by atoms with Crippen LogP contribution in [0, 0.1) is 20.2 Å². The monoisotopic (exact) mass is 628 g/mol. The first kappa shape index (κ1) is 30.6. The first-order valence-electron chi connectivity index (χ1n) is 11.9. The van der Waals surface area contributed by atoms with Gasteiger partial charge in [0.2, 0.25) is 10.0 Å². The molecule has 0 spiro atoms. The van der Waals surface area contributed by atoms with Gasteiger partial charge in [-0.1, -0.05) is 12.1 Å². The molecule has 0 heterocycles. The Bertz CT molecular complexity index is 1910. The average Bonchev–Trinajstić information content (AvgIpc) is 2.97. The molecule has 0 saturated carbocycles. The van der Waals surface area contributed by atoms with E-state index in [0.717, 1.165) is 54.6 Å². The van der Waals surface area contributed by atoms with Crippen molar-refractivity contribution >= 4 is 43.1 Å². The molecule has 0 fully saturated rings. The van der Waals surface area contributed by atoms with Gasteiger partial charge in [-0.25, -0.2) is 26.4 Å². The molecular formula is C26H20N4O11S2. The van der Waals surface area contributed by atoms with Crippen molar-refractivity contribution in [2.45, 2.75) is 16.3 Å². The molecule has 0 bridgehead atoms. The third-order valence-electron chi connectivity index (χ3n) is 5.81. The molecule has 43 heavy (non-hydrogen) atoms. The number of carbonyl (C=O) groups is 1. The number of nitrogens with one attached hydrogen (secondary N) is 2. The number of carboxylic acids is 1. The summed E-state index contributed by atoms with van der Waals surface area (Å²) in [6.07, 6.45) is 0. The van der Waals surface area contributed by atoms with Gasteiger partial charge >= 0.3 is 5.97 Å². The number of sulfonamides is 2. The third kappa shape index (κ3) is 7.47. The molecule has 3 N–H and O–H groups in total. The van der Waals surface area contributed by atoms with Gasteiger partial charge in [-0.05, 0) is 60.2 Å². The Hall–Kier alpha value is -5.39. The Kier molecular flexibility index (Phi) is 8.69. The first-order chi connectivity index (χ1) is 20.2. The van der Waals surface area contributed by atoms with Crippen molar-refractivity contribution < 1.29 is 41.3 Å². The van der Waals surface area contributed by atoms with Crippen molar-refractivity contribution in [3.8, 4) is 11.5 Å². The molecule has 17 heteroatoms. The number of anilines is 1. The van der Waals surface area contributed by atoms with Crippen LogP contribution in [0.25, 0.3) is 0 Å². The molecule has 0 atom stereocenters. The Labute approximate surface area is 243 Å². The number of nitro benzene ring substituents is 2. The van der Waals surface area contributed by atoms with E-state index in [2.05, 4.69) is 9.44 Å². The number of ether oxygens (including phenoxy) is 1. The van der Waals surface area contributed by atoms with Crippen LogP contribution in [0.4, 0.5) is 17.1 Å². The number of nitrogens with zero attached hydrogens (tertiary/aromatic N) is 2. The predicted octanol–water partition coefficient (Wildman–Crippen LogP) is 4.27. The summed E-state index contributed by atoms with van der Waals surface area (Å²) in [6, 6.07) is 18.2. The van der Waals surface area contributed by atoms with Gasteiger partial charge in [0, 0.05) is 30.8 Å². The second kappa shape index (κ2) is 12.2. The van der Waals surface area contributed by atoms with E-state index in [0.29, 0.717) is 5.56 Å². The minimum atomic E-state index is -4.28. The lowest BCUT2D eigenvalue weighted by atomic mass is 10.1. The summed E-state index contributed by atoms with van der Waals surface area (Å²) in [5, 5.41) is 31.2. The van der Waals surface area contributed by atoms with E-state index in [1.54, 1.807) is 12.1 Å². The van der Waals surface area contributed by atoms with E-state index in [-0.39, 0.29) is 44.9 Å². The highest BCUT2D eigenvalue weighted by molar-refractivity contribution is 7.92. The SMILES string of the molecule is O=C(O)c1cc(Oc2ccc(CNS(=O)(=O)c3ccc([N+](=O)[O-])cc3)cc2)ccc1NS(=O)(=O)c1ccc([N+](=O)[O-])cc1. The maximum Gasteiger partial charge on any atom is 0.337 e. The fourth-order valence-corrected chi connectivity index (χ4v) is 5.72. The van der Waals surface area contributed by atoms with Crippen LogP contribution < -0.4 is 14.2 Å². The fourth-order valence-electron chi connectivity index (χ4n) is 3.62. The second-order valence-corrected chi connectivity index (χ2v) is 12.1. The summed E-state index contributed by atoms with van der Waals surface area (Å²) in [5.41, 5.74) is -0.722. The fraction of sp³-hybridized carbons (Fsp3) is 0.0385. The highest BCUT2D eigenvalue weighted by Gasteiger charge is 2.21. The molecule has 0 amide bonds. The summed E-state index contributed by atoms with van der Waals surface area (Å²) in [6.45, 7) is -0.105. The molecule has 0 aliphatic rings. The molecule has 4 rings (SSSR count). The van der Waals surface area contributed by atoms with Crippen LogP contribution in [0.3, 0.4) is 0 Å². The van der Waals surface area contributed by atoms with Crippen LogP contribution in [0.2, 0.25) is 0 Å². The van der Waals surface area contributed by atoms with Crippen LogP contribution >= 0.6 is 0 Å². The third-order valence-corrected chi connectivity index (χ3v) is 8.61. The summed E-state index contributed by atoms with van der Waals surface area (Å²) < 4.78 is 60.7. The Morgan fingerprint density at radius 3 is 1.70 bits per heavy atom. The van der Waals surface area contributed by atoms with Crippen molar-refractivity contribution in [2.75, 3.05) is 4.72 Å². The highest BCUT2D eigenvalue weighted by Crippen LogP contribution is 2.29. The topological polar surface area (TPSA) is 225 Å². The number of nitro groups is 2. The average molecular weight is 629 g/mol. The normalized spacial score (nSPS) is 11.4. The van der Waals surface area contributed by atoms with Gasteiger partial charge in [0.25, 0.3) is 21.4 Å². The minimum Gasteiger partial charge on any atom is -0.478 e. The first-order valence-corrected chi connectivity index (χ1v) is 14.9. The number of carboxylic acid groups (broad SMARTS) is 1. The van der Waals surface area contributed by atoms with Crippen LogP contribution in [0.15, 0.2) is 101 Å². The van der Waals surface area contributed by atoms with E-state index < -0.39 is 41.4 Å². The zero-order chi connectivity index (χ0) is 31.4. The van der Waals surface area contributed by atoms with Gasteiger partial charge in [-0.15, -0.1) is 0 Å². The van der Waals surface area contributed by atoms with Gasteiger partial charge in [-0.2, -0.15) is 0 Å². The highest BCUT2D eigenvalue weighted by atomic mass is 32.2. The second-order valence-electron chi connectivity index (χ2n) is 8.69. The Balaban J connectivity index is 1.43. The Morgan fingerprint density at radius 2 is 1.21 bits per heavy atom. The number of aromatic carboxylic acids is 1.